The first-order chi connectivity index (χ1) is 15.1. The van der Waals surface area contributed by atoms with Gasteiger partial charge in [0.05, 0.1) is 18.9 Å². The van der Waals surface area contributed by atoms with Crippen molar-refractivity contribution in [2.75, 3.05) is 18.6 Å². The van der Waals surface area contributed by atoms with Crippen LogP contribution in [0.1, 0.15) is 25.0 Å². The van der Waals surface area contributed by atoms with Gasteiger partial charge >= 0.3 is 11.9 Å². The van der Waals surface area contributed by atoms with Crippen LogP contribution in [0.3, 0.4) is 0 Å². The quantitative estimate of drug-likeness (QED) is 0.150. The van der Waals surface area contributed by atoms with E-state index >= 15 is 0 Å². The van der Waals surface area contributed by atoms with Crippen LogP contribution in [0.5, 0.6) is 0 Å². The molecule has 32 heavy (non-hydrogen) atoms. The van der Waals surface area contributed by atoms with Crippen LogP contribution in [0.25, 0.3) is 0 Å². The smallest absolute Gasteiger partial charge is 0.326 e. The third-order valence-corrected chi connectivity index (χ3v) is 4.92. The lowest BCUT2D eigenvalue weighted by atomic mass is 10.1. The summed E-state index contributed by atoms with van der Waals surface area (Å²) in [6.07, 6.45) is 4.43. The number of carboxylic acids is 2. The summed E-state index contributed by atoms with van der Waals surface area (Å²) in [7, 11) is 0. The molecule has 3 atom stereocenters. The van der Waals surface area contributed by atoms with E-state index < -0.39 is 60.8 Å². The van der Waals surface area contributed by atoms with E-state index in [-0.39, 0.29) is 19.3 Å². The number of nitrogens with zero attached hydrogens (tertiary/aromatic N) is 1. The molecule has 0 aromatic carbocycles. The Kier molecular flexibility index (Phi) is 11.8. The minimum Gasteiger partial charge on any atom is -0.481 e. The third-order valence-electron chi connectivity index (χ3n) is 4.28. The van der Waals surface area contributed by atoms with E-state index in [2.05, 4.69) is 25.9 Å². The number of carboxylic acid groups (broad SMARTS) is 2. The van der Waals surface area contributed by atoms with Crippen molar-refractivity contribution in [3.63, 3.8) is 0 Å². The number of H-pyrrole nitrogens is 1. The zero-order valence-electron chi connectivity index (χ0n) is 17.5. The van der Waals surface area contributed by atoms with Crippen LogP contribution >= 0.6 is 11.8 Å². The molecule has 1 aromatic rings. The zero-order chi connectivity index (χ0) is 24.1. The number of carbonyl (C=O) groups is 5. The average molecular weight is 473 g/mol. The summed E-state index contributed by atoms with van der Waals surface area (Å²) in [5.74, 6) is -4.07. The maximum Gasteiger partial charge on any atom is 0.326 e. The lowest BCUT2D eigenvalue weighted by Gasteiger charge is -2.21. The van der Waals surface area contributed by atoms with E-state index in [1.165, 1.54) is 24.3 Å². The number of carbonyl (C=O) groups excluding carboxylic acids is 3. The molecule has 0 bridgehead atoms. The van der Waals surface area contributed by atoms with Crippen LogP contribution in [0.4, 0.5) is 0 Å². The van der Waals surface area contributed by atoms with Crippen LogP contribution in [0.15, 0.2) is 12.5 Å². The Morgan fingerprint density at radius 1 is 1.12 bits per heavy atom. The van der Waals surface area contributed by atoms with E-state index in [4.69, 9.17) is 10.8 Å². The highest BCUT2D eigenvalue weighted by molar-refractivity contribution is 7.98. The van der Waals surface area contributed by atoms with Gasteiger partial charge in [-0.15, -0.1) is 0 Å². The molecule has 0 aliphatic heterocycles. The monoisotopic (exact) mass is 472 g/mol. The molecule has 1 heterocycles. The third kappa shape index (κ3) is 10.3. The molecule has 8 N–H and O–H groups in total. The van der Waals surface area contributed by atoms with Gasteiger partial charge in [-0.1, -0.05) is 0 Å². The maximum absolute atomic E-state index is 12.5. The fourth-order valence-electron chi connectivity index (χ4n) is 2.57. The van der Waals surface area contributed by atoms with Crippen LogP contribution in [-0.2, 0) is 30.4 Å². The second-order valence-electron chi connectivity index (χ2n) is 6.84. The van der Waals surface area contributed by atoms with Crippen molar-refractivity contribution >= 4 is 41.4 Å². The van der Waals surface area contributed by atoms with E-state index in [9.17, 15) is 29.1 Å². The lowest BCUT2D eigenvalue weighted by molar-refractivity contribution is -0.143. The van der Waals surface area contributed by atoms with Gasteiger partial charge in [-0.05, 0) is 24.9 Å². The van der Waals surface area contributed by atoms with Gasteiger partial charge in [-0.3, -0.25) is 19.2 Å². The molecule has 0 aliphatic rings. The molecule has 0 fully saturated rings. The van der Waals surface area contributed by atoms with Gasteiger partial charge in [-0.2, -0.15) is 11.8 Å². The van der Waals surface area contributed by atoms with E-state index in [0.717, 1.165) is 0 Å². The minimum absolute atomic E-state index is 0.194. The summed E-state index contributed by atoms with van der Waals surface area (Å²) in [5.41, 5.74) is 6.44. The van der Waals surface area contributed by atoms with Crippen molar-refractivity contribution in [1.82, 2.24) is 25.9 Å². The Morgan fingerprint density at radius 3 is 2.41 bits per heavy atom. The van der Waals surface area contributed by atoms with Gasteiger partial charge in [0.1, 0.15) is 12.1 Å². The summed E-state index contributed by atoms with van der Waals surface area (Å²) in [6, 6.07) is -3.38. The molecule has 0 radical (unpaired) electrons. The summed E-state index contributed by atoms with van der Waals surface area (Å²) in [6.45, 7) is -0.431. The minimum atomic E-state index is -1.41. The number of nitrogens with one attached hydrogen (secondary N) is 4. The molecule has 3 amide bonds. The highest BCUT2D eigenvalue weighted by Gasteiger charge is 2.27. The number of hydrogen-bond donors (Lipinski definition) is 7. The number of amides is 3. The molecular weight excluding hydrogens is 444 g/mol. The molecule has 1 aromatic heterocycles. The number of hydrogen-bond acceptors (Lipinski definition) is 8. The summed E-state index contributed by atoms with van der Waals surface area (Å²) >= 11 is 1.42. The fourth-order valence-corrected chi connectivity index (χ4v) is 3.04. The molecule has 0 aliphatic carbocycles. The molecule has 178 valence electrons. The van der Waals surface area contributed by atoms with E-state index in [1.54, 1.807) is 6.26 Å². The van der Waals surface area contributed by atoms with Gasteiger partial charge in [0.15, 0.2) is 0 Å². The normalized spacial score (nSPS) is 13.4. The molecular formula is C18H28N6O7S. The van der Waals surface area contributed by atoms with Crippen LogP contribution < -0.4 is 21.7 Å². The Balaban J connectivity index is 2.61. The second kappa shape index (κ2) is 14.0. The number of rotatable bonds is 15. The van der Waals surface area contributed by atoms with Crippen LogP contribution in [0, 0.1) is 0 Å². The Bertz CT molecular complexity index is 789. The predicted octanol–water partition coefficient (Wildman–Crippen LogP) is -1.93. The first-order valence-corrected chi connectivity index (χ1v) is 11.1. The standard InChI is InChI=1S/C18H28N6O7S/c1-32-5-4-12(17(29)24-13(18(30)31)2-3-15(26)27)23-14(25)8-21-16(28)11(19)6-10-7-20-9-22-10/h7,9,11-13H,2-6,8,19H2,1H3,(H,20,22)(H,21,28)(H,23,25)(H,24,29)(H,26,27)(H,30,31). The van der Waals surface area contributed by atoms with Gasteiger partial charge in [0, 0.05) is 24.7 Å². The average Bonchev–Trinajstić information content (AvgIpc) is 3.24. The number of aliphatic carboxylic acids is 2. The molecule has 0 spiro atoms. The largest absolute Gasteiger partial charge is 0.481 e. The number of aromatic nitrogens is 2. The van der Waals surface area contributed by atoms with Crippen molar-refractivity contribution in [1.29, 1.82) is 0 Å². The topological polar surface area (TPSA) is 217 Å². The van der Waals surface area contributed by atoms with Crippen LogP contribution in [-0.4, -0.2) is 86.5 Å². The molecule has 0 saturated heterocycles. The molecule has 0 saturated carbocycles. The van der Waals surface area contributed by atoms with Crippen molar-refractivity contribution in [3.05, 3.63) is 18.2 Å². The van der Waals surface area contributed by atoms with Gasteiger partial charge < -0.3 is 36.9 Å². The summed E-state index contributed by atoms with van der Waals surface area (Å²) in [4.78, 5) is 65.4. The number of aromatic amines is 1. The van der Waals surface area contributed by atoms with E-state index in [0.29, 0.717) is 11.4 Å². The number of nitrogens with two attached hydrogens (primary N) is 1. The Morgan fingerprint density at radius 2 is 1.84 bits per heavy atom. The summed E-state index contributed by atoms with van der Waals surface area (Å²) in [5, 5.41) is 25.0. The van der Waals surface area contributed by atoms with Gasteiger partial charge in [0.2, 0.25) is 17.7 Å². The van der Waals surface area contributed by atoms with Crippen molar-refractivity contribution in [2.24, 2.45) is 5.73 Å². The highest BCUT2D eigenvalue weighted by Crippen LogP contribution is 2.04. The number of imidazole rings is 1. The molecule has 1 rings (SSSR count). The lowest BCUT2D eigenvalue weighted by Crippen LogP contribution is -2.54. The van der Waals surface area contributed by atoms with Crippen molar-refractivity contribution in [3.8, 4) is 0 Å². The molecule has 13 nitrogen and oxygen atoms in total. The highest BCUT2D eigenvalue weighted by atomic mass is 32.2. The first kappa shape index (κ1) is 26.9. The zero-order valence-corrected chi connectivity index (χ0v) is 18.3. The maximum atomic E-state index is 12.5. The first-order valence-electron chi connectivity index (χ1n) is 9.67. The SMILES string of the molecule is CSCCC(NC(=O)CNC(=O)C(N)Cc1cnc[nH]1)C(=O)NC(CCC(=O)O)C(=O)O. The summed E-state index contributed by atoms with van der Waals surface area (Å²) < 4.78 is 0. The number of thioether (sulfide) groups is 1. The fraction of sp³-hybridized carbons (Fsp3) is 0.556. The van der Waals surface area contributed by atoms with Crippen LogP contribution in [0.2, 0.25) is 0 Å². The van der Waals surface area contributed by atoms with E-state index in [1.807, 2.05) is 0 Å². The van der Waals surface area contributed by atoms with Gasteiger partial charge in [-0.25, -0.2) is 9.78 Å². The predicted molar refractivity (Wildman–Crippen MR) is 115 cm³/mol. The Hall–Kier alpha value is -3.13. The van der Waals surface area contributed by atoms with Crippen molar-refractivity contribution in [2.45, 2.75) is 43.8 Å². The van der Waals surface area contributed by atoms with Crippen molar-refractivity contribution < 1.29 is 34.2 Å². The molecule has 3 unspecified atom stereocenters. The molecule has 14 heteroatoms. The second-order valence-corrected chi connectivity index (χ2v) is 7.82. The van der Waals surface area contributed by atoms with Gasteiger partial charge in [0.25, 0.3) is 0 Å². The Labute approximate surface area is 188 Å².